The predicted molar refractivity (Wildman–Crippen MR) is 115 cm³/mol. The van der Waals surface area contributed by atoms with Crippen LogP contribution in [0.5, 0.6) is 5.75 Å². The third-order valence-electron chi connectivity index (χ3n) is 5.38. The van der Waals surface area contributed by atoms with Crippen LogP contribution in [0.1, 0.15) is 37.8 Å². The van der Waals surface area contributed by atoms with E-state index in [9.17, 15) is 9.59 Å². The molecule has 10 heteroatoms. The molecule has 0 saturated carbocycles. The van der Waals surface area contributed by atoms with E-state index in [1.54, 1.807) is 26.1 Å². The molecule has 0 bridgehead atoms. The molecule has 0 spiro atoms. The topological polar surface area (TPSA) is 93.5 Å². The predicted octanol–water partition coefficient (Wildman–Crippen LogP) is 1.89. The van der Waals surface area contributed by atoms with Crippen molar-refractivity contribution < 1.29 is 14.3 Å². The summed E-state index contributed by atoms with van der Waals surface area (Å²) >= 11 is 1.01. The number of rotatable bonds is 6. The van der Waals surface area contributed by atoms with Gasteiger partial charge >= 0.3 is 0 Å². The number of ether oxygens (including phenoxy) is 1. The van der Waals surface area contributed by atoms with Crippen LogP contribution in [-0.2, 0) is 25.9 Å². The zero-order chi connectivity index (χ0) is 22.0. The smallest absolute Gasteiger partial charge is 0.275 e. The second kappa shape index (κ2) is 8.84. The number of methoxy groups -OCH3 is 1. The summed E-state index contributed by atoms with van der Waals surface area (Å²) in [5.41, 5.74) is 3.73. The fourth-order valence-electron chi connectivity index (χ4n) is 3.68. The Morgan fingerprint density at radius 3 is 2.65 bits per heavy atom. The van der Waals surface area contributed by atoms with Crippen molar-refractivity contribution in [1.82, 2.24) is 28.3 Å². The number of amides is 2. The van der Waals surface area contributed by atoms with Crippen molar-refractivity contribution in [2.45, 2.75) is 25.9 Å². The van der Waals surface area contributed by atoms with Gasteiger partial charge in [0.2, 0.25) is 0 Å². The van der Waals surface area contributed by atoms with Crippen molar-refractivity contribution in [3.05, 3.63) is 58.7 Å². The first-order valence-electron chi connectivity index (χ1n) is 9.98. The number of hydrogen-bond acceptors (Lipinski definition) is 7. The van der Waals surface area contributed by atoms with Crippen LogP contribution in [0.15, 0.2) is 30.5 Å². The summed E-state index contributed by atoms with van der Waals surface area (Å²) < 4.78 is 15.1. The average molecular weight is 441 g/mol. The van der Waals surface area contributed by atoms with E-state index in [1.165, 1.54) is 11.1 Å². The lowest BCUT2D eigenvalue weighted by Crippen LogP contribution is -2.37. The summed E-state index contributed by atoms with van der Waals surface area (Å²) in [5, 5.41) is 4.66. The summed E-state index contributed by atoms with van der Waals surface area (Å²) in [6, 6.07) is 7.93. The lowest BCUT2D eigenvalue weighted by atomic mass is 10.0. The molecule has 0 fully saturated rings. The molecule has 3 aromatic rings. The van der Waals surface area contributed by atoms with Crippen LogP contribution in [0.3, 0.4) is 0 Å². The van der Waals surface area contributed by atoms with E-state index >= 15 is 0 Å². The third-order valence-corrected chi connectivity index (χ3v) is 5.86. The van der Waals surface area contributed by atoms with E-state index in [0.717, 1.165) is 40.7 Å². The second-order valence-corrected chi connectivity index (χ2v) is 8.12. The van der Waals surface area contributed by atoms with E-state index in [1.807, 2.05) is 28.9 Å². The van der Waals surface area contributed by atoms with E-state index in [2.05, 4.69) is 13.8 Å². The van der Waals surface area contributed by atoms with Crippen LogP contribution in [0.2, 0.25) is 0 Å². The second-order valence-electron chi connectivity index (χ2n) is 7.56. The standard InChI is InChI=1S/C21H24N6O3S/c1-25(2)21(29)19-16-13-26(20(28)17-12-22-31-24-17)10-9-18(16)27(23-19)11-8-14-4-6-15(30-3)7-5-14/h4-7,12H,8-11,13H2,1-3H3. The van der Waals surface area contributed by atoms with Crippen molar-refractivity contribution in [3.8, 4) is 5.75 Å². The van der Waals surface area contributed by atoms with E-state index in [0.29, 0.717) is 37.4 Å². The average Bonchev–Trinajstić information content (AvgIpc) is 3.45. The monoisotopic (exact) mass is 440 g/mol. The van der Waals surface area contributed by atoms with Crippen molar-refractivity contribution in [2.24, 2.45) is 0 Å². The maximum Gasteiger partial charge on any atom is 0.275 e. The Morgan fingerprint density at radius 1 is 1.23 bits per heavy atom. The van der Waals surface area contributed by atoms with Crippen LogP contribution in [-0.4, -0.2) is 67.9 Å². The maximum atomic E-state index is 12.8. The quantitative estimate of drug-likeness (QED) is 0.581. The zero-order valence-electron chi connectivity index (χ0n) is 17.7. The number of aryl methyl sites for hydroxylation is 2. The molecule has 0 unspecified atom stereocenters. The van der Waals surface area contributed by atoms with Gasteiger partial charge in [0.1, 0.15) is 5.75 Å². The first-order valence-corrected chi connectivity index (χ1v) is 10.7. The molecule has 162 valence electrons. The Bertz CT molecular complexity index is 1080. The number of nitrogens with zero attached hydrogens (tertiary/aromatic N) is 6. The van der Waals surface area contributed by atoms with Gasteiger partial charge in [-0.05, 0) is 24.1 Å². The summed E-state index contributed by atoms with van der Waals surface area (Å²) in [7, 11) is 5.06. The van der Waals surface area contributed by atoms with Gasteiger partial charge in [-0.3, -0.25) is 14.3 Å². The molecule has 0 aliphatic carbocycles. The van der Waals surface area contributed by atoms with Gasteiger partial charge in [-0.25, -0.2) is 0 Å². The number of carbonyl (C=O) groups excluding carboxylic acids is 2. The third kappa shape index (κ3) is 4.29. The molecule has 3 heterocycles. The molecule has 1 aliphatic rings. The number of benzene rings is 1. The highest BCUT2D eigenvalue weighted by Gasteiger charge is 2.31. The highest BCUT2D eigenvalue weighted by Crippen LogP contribution is 2.25. The molecule has 31 heavy (non-hydrogen) atoms. The molecule has 2 amide bonds. The van der Waals surface area contributed by atoms with Gasteiger partial charge in [0, 0.05) is 44.9 Å². The molecule has 2 aromatic heterocycles. The summed E-state index contributed by atoms with van der Waals surface area (Å²) in [6.45, 7) is 1.54. The number of hydrogen-bond donors (Lipinski definition) is 0. The molecule has 0 atom stereocenters. The minimum Gasteiger partial charge on any atom is -0.497 e. The fourth-order valence-corrected chi connectivity index (χ4v) is 4.09. The van der Waals surface area contributed by atoms with Gasteiger partial charge in [-0.1, -0.05) is 12.1 Å². The molecular formula is C21H24N6O3S. The molecule has 9 nitrogen and oxygen atoms in total. The van der Waals surface area contributed by atoms with Crippen molar-refractivity contribution in [1.29, 1.82) is 0 Å². The van der Waals surface area contributed by atoms with Crippen LogP contribution < -0.4 is 4.74 Å². The van der Waals surface area contributed by atoms with Gasteiger partial charge in [-0.15, -0.1) is 0 Å². The van der Waals surface area contributed by atoms with Gasteiger partial charge in [0.05, 0.1) is 31.6 Å². The first-order chi connectivity index (χ1) is 15.0. The van der Waals surface area contributed by atoms with Crippen LogP contribution in [0, 0.1) is 0 Å². The van der Waals surface area contributed by atoms with E-state index in [4.69, 9.17) is 4.74 Å². The molecular weight excluding hydrogens is 416 g/mol. The van der Waals surface area contributed by atoms with E-state index < -0.39 is 0 Å². The molecule has 4 rings (SSSR count). The van der Waals surface area contributed by atoms with Gasteiger partial charge < -0.3 is 14.5 Å². The first kappa shape index (κ1) is 21.0. The summed E-state index contributed by atoms with van der Waals surface area (Å²) in [4.78, 5) is 28.8. The molecule has 0 N–H and O–H groups in total. The fraction of sp³-hybridized carbons (Fsp3) is 0.381. The number of carbonyl (C=O) groups is 2. The van der Waals surface area contributed by atoms with Gasteiger partial charge in [0.25, 0.3) is 11.8 Å². The molecule has 0 radical (unpaired) electrons. The van der Waals surface area contributed by atoms with E-state index in [-0.39, 0.29) is 11.8 Å². The van der Waals surface area contributed by atoms with Gasteiger partial charge in [0.15, 0.2) is 11.4 Å². The Hall–Kier alpha value is -3.27. The van der Waals surface area contributed by atoms with Crippen molar-refractivity contribution >= 4 is 23.5 Å². The largest absolute Gasteiger partial charge is 0.497 e. The minimum atomic E-state index is -0.173. The Morgan fingerprint density at radius 2 is 2.00 bits per heavy atom. The SMILES string of the molecule is COc1ccc(CCn2nc(C(=O)N(C)C)c3c2CCN(C(=O)c2cnsn2)C3)cc1. The maximum absolute atomic E-state index is 12.8. The highest BCUT2D eigenvalue weighted by molar-refractivity contribution is 6.99. The Kier molecular flexibility index (Phi) is 5.99. The lowest BCUT2D eigenvalue weighted by molar-refractivity contribution is 0.0721. The minimum absolute atomic E-state index is 0.163. The summed E-state index contributed by atoms with van der Waals surface area (Å²) in [5.74, 6) is 0.483. The molecule has 1 aliphatic heterocycles. The van der Waals surface area contributed by atoms with Crippen molar-refractivity contribution in [3.63, 3.8) is 0 Å². The highest BCUT2D eigenvalue weighted by atomic mass is 32.1. The number of aromatic nitrogens is 4. The van der Waals surface area contributed by atoms with Crippen molar-refractivity contribution in [2.75, 3.05) is 27.7 Å². The Balaban J connectivity index is 1.58. The molecule has 0 saturated heterocycles. The van der Waals surface area contributed by atoms with Gasteiger partial charge in [-0.2, -0.15) is 13.8 Å². The molecule has 1 aromatic carbocycles. The lowest BCUT2D eigenvalue weighted by Gasteiger charge is -2.27. The Labute approximate surface area is 184 Å². The van der Waals surface area contributed by atoms with Crippen LogP contribution in [0.25, 0.3) is 0 Å². The normalized spacial score (nSPS) is 13.1. The summed E-state index contributed by atoms with van der Waals surface area (Å²) in [6.07, 6.45) is 2.89. The van der Waals surface area contributed by atoms with Crippen LogP contribution in [0.4, 0.5) is 0 Å². The number of fused-ring (bicyclic) bond motifs is 1. The zero-order valence-corrected chi connectivity index (χ0v) is 18.6. The van der Waals surface area contributed by atoms with Crippen LogP contribution >= 0.6 is 11.7 Å².